The van der Waals surface area contributed by atoms with E-state index in [0.717, 1.165) is 24.1 Å². The molecule has 1 aliphatic heterocycles. The van der Waals surface area contributed by atoms with Gasteiger partial charge in [0.2, 0.25) is 0 Å². The van der Waals surface area contributed by atoms with E-state index >= 15 is 0 Å². The van der Waals surface area contributed by atoms with Crippen molar-refractivity contribution < 1.29 is 8.42 Å². The fourth-order valence-corrected chi connectivity index (χ4v) is 3.35. The molecule has 0 saturated carbocycles. The van der Waals surface area contributed by atoms with Crippen LogP contribution in [0, 0.1) is 0 Å². The third-order valence-electron chi connectivity index (χ3n) is 2.79. The maximum absolute atomic E-state index is 12.1. The van der Waals surface area contributed by atoms with E-state index < -0.39 is 10.2 Å². The number of hydrogen-bond donors (Lipinski definition) is 2. The van der Waals surface area contributed by atoms with E-state index in [-0.39, 0.29) is 6.54 Å². The molecule has 6 heteroatoms. The lowest BCUT2D eigenvalue weighted by Crippen LogP contribution is -2.44. The molecule has 0 unspecified atom stereocenters. The third kappa shape index (κ3) is 2.59. The number of hydrogen-bond acceptors (Lipinski definition) is 3. The van der Waals surface area contributed by atoms with Gasteiger partial charge in [0, 0.05) is 19.6 Å². The summed E-state index contributed by atoms with van der Waals surface area (Å²) in [6.45, 7) is 1.09. The summed E-state index contributed by atoms with van der Waals surface area (Å²) in [6, 6.07) is 7.61. The van der Waals surface area contributed by atoms with Gasteiger partial charge in [-0.2, -0.15) is 13.1 Å². The zero-order valence-corrected chi connectivity index (χ0v) is 10.4. The van der Waals surface area contributed by atoms with Crippen molar-refractivity contribution in [1.29, 1.82) is 0 Å². The Morgan fingerprint density at radius 3 is 2.88 bits per heavy atom. The maximum atomic E-state index is 12.1. The Hall–Kier alpha value is -1.11. The minimum Gasteiger partial charge on any atom is -0.329 e. The molecule has 5 nitrogen and oxygen atoms in total. The second kappa shape index (κ2) is 5.03. The first-order valence-electron chi connectivity index (χ1n) is 5.70. The van der Waals surface area contributed by atoms with Gasteiger partial charge < -0.3 is 5.73 Å². The third-order valence-corrected chi connectivity index (χ3v) is 4.32. The number of nitrogens with zero attached hydrogens (tertiary/aromatic N) is 1. The molecule has 0 aromatic heterocycles. The van der Waals surface area contributed by atoms with E-state index in [1.54, 1.807) is 0 Å². The SMILES string of the molecule is NCCNS(=O)(=O)N1CCCc2ccccc21. The van der Waals surface area contributed by atoms with Crippen LogP contribution in [-0.4, -0.2) is 28.1 Å². The minimum atomic E-state index is -3.46. The Kier molecular flexibility index (Phi) is 3.66. The zero-order chi connectivity index (χ0) is 12.3. The van der Waals surface area contributed by atoms with Gasteiger partial charge in [-0.3, -0.25) is 4.31 Å². The van der Waals surface area contributed by atoms with Crippen molar-refractivity contribution in [3.8, 4) is 0 Å². The summed E-state index contributed by atoms with van der Waals surface area (Å²) in [5, 5.41) is 0. The number of para-hydroxylation sites is 1. The van der Waals surface area contributed by atoms with Gasteiger partial charge in [0.1, 0.15) is 0 Å². The molecule has 0 amide bonds. The quantitative estimate of drug-likeness (QED) is 0.809. The van der Waals surface area contributed by atoms with Crippen molar-refractivity contribution >= 4 is 15.9 Å². The summed E-state index contributed by atoms with van der Waals surface area (Å²) in [5.74, 6) is 0. The van der Waals surface area contributed by atoms with Gasteiger partial charge >= 0.3 is 10.2 Å². The molecule has 0 bridgehead atoms. The standard InChI is InChI=1S/C11H17N3O2S/c12-7-8-13-17(15,16)14-9-3-5-10-4-1-2-6-11(10)14/h1-2,4,6,13H,3,5,7-9,12H2. The lowest BCUT2D eigenvalue weighted by molar-refractivity contribution is 0.572. The molecule has 0 atom stereocenters. The number of rotatable bonds is 4. The Balaban J connectivity index is 2.29. The molecule has 17 heavy (non-hydrogen) atoms. The second-order valence-electron chi connectivity index (χ2n) is 3.99. The van der Waals surface area contributed by atoms with Crippen LogP contribution in [-0.2, 0) is 16.6 Å². The topological polar surface area (TPSA) is 75.4 Å². The largest absolute Gasteiger partial charge is 0.329 e. The van der Waals surface area contributed by atoms with Crippen LogP contribution in [0.3, 0.4) is 0 Å². The highest BCUT2D eigenvalue weighted by Gasteiger charge is 2.26. The average Bonchev–Trinajstić information content (AvgIpc) is 2.36. The molecule has 1 aliphatic rings. The lowest BCUT2D eigenvalue weighted by atomic mass is 10.0. The first-order chi connectivity index (χ1) is 8.15. The molecule has 1 aromatic carbocycles. The molecule has 2 rings (SSSR count). The van der Waals surface area contributed by atoms with Gasteiger partial charge in [0.25, 0.3) is 0 Å². The first kappa shape index (κ1) is 12.3. The number of anilines is 1. The van der Waals surface area contributed by atoms with Crippen molar-refractivity contribution in [3.05, 3.63) is 29.8 Å². The highest BCUT2D eigenvalue weighted by molar-refractivity contribution is 7.90. The number of fused-ring (bicyclic) bond motifs is 1. The first-order valence-corrected chi connectivity index (χ1v) is 7.14. The highest BCUT2D eigenvalue weighted by Crippen LogP contribution is 2.28. The van der Waals surface area contributed by atoms with Gasteiger partial charge in [0.05, 0.1) is 5.69 Å². The van der Waals surface area contributed by atoms with Crippen LogP contribution in [0.25, 0.3) is 0 Å². The van der Waals surface area contributed by atoms with Crippen LogP contribution in [0.1, 0.15) is 12.0 Å². The van der Waals surface area contributed by atoms with E-state index in [4.69, 9.17) is 5.73 Å². The highest BCUT2D eigenvalue weighted by atomic mass is 32.2. The van der Waals surface area contributed by atoms with Gasteiger partial charge in [-0.1, -0.05) is 18.2 Å². The average molecular weight is 255 g/mol. The summed E-state index contributed by atoms with van der Waals surface area (Å²) < 4.78 is 28.1. The summed E-state index contributed by atoms with van der Waals surface area (Å²) in [4.78, 5) is 0. The number of nitrogens with one attached hydrogen (secondary N) is 1. The van der Waals surface area contributed by atoms with Crippen molar-refractivity contribution in [2.24, 2.45) is 5.73 Å². The Morgan fingerprint density at radius 1 is 1.35 bits per heavy atom. The molecular weight excluding hydrogens is 238 g/mol. The summed E-state index contributed by atoms with van der Waals surface area (Å²) in [6.07, 6.45) is 1.78. The molecule has 94 valence electrons. The van der Waals surface area contributed by atoms with E-state index in [9.17, 15) is 8.42 Å². The molecule has 0 fully saturated rings. The minimum absolute atomic E-state index is 0.265. The predicted octanol–water partition coefficient (Wildman–Crippen LogP) is 0.232. The molecule has 0 aliphatic carbocycles. The summed E-state index contributed by atoms with van der Waals surface area (Å²) in [7, 11) is -3.46. The van der Waals surface area contributed by atoms with Crippen LogP contribution in [0.15, 0.2) is 24.3 Å². The molecule has 3 N–H and O–H groups in total. The van der Waals surface area contributed by atoms with Crippen LogP contribution >= 0.6 is 0 Å². The van der Waals surface area contributed by atoms with E-state index in [1.807, 2.05) is 24.3 Å². The van der Waals surface area contributed by atoms with Gasteiger partial charge in [-0.15, -0.1) is 0 Å². The molecule has 1 aromatic rings. The Labute approximate surface area is 102 Å². The zero-order valence-electron chi connectivity index (χ0n) is 9.59. The fraction of sp³-hybridized carbons (Fsp3) is 0.455. The van der Waals surface area contributed by atoms with Gasteiger partial charge in [-0.05, 0) is 24.5 Å². The lowest BCUT2D eigenvalue weighted by Gasteiger charge is -2.30. The van der Waals surface area contributed by atoms with Crippen LogP contribution in [0.5, 0.6) is 0 Å². The normalized spacial score (nSPS) is 15.7. The van der Waals surface area contributed by atoms with E-state index in [2.05, 4.69) is 4.72 Å². The molecule has 0 spiro atoms. The van der Waals surface area contributed by atoms with Crippen molar-refractivity contribution in [3.63, 3.8) is 0 Å². The van der Waals surface area contributed by atoms with Crippen molar-refractivity contribution in [2.45, 2.75) is 12.8 Å². The van der Waals surface area contributed by atoms with Gasteiger partial charge in [-0.25, -0.2) is 0 Å². The molecule has 0 radical (unpaired) electrons. The Bertz CT molecular complexity index is 487. The number of nitrogens with two attached hydrogens (primary N) is 1. The number of benzene rings is 1. The van der Waals surface area contributed by atoms with Crippen molar-refractivity contribution in [1.82, 2.24) is 4.72 Å². The summed E-state index contributed by atoms with van der Waals surface area (Å²) in [5.41, 5.74) is 7.18. The number of aryl methyl sites for hydroxylation is 1. The monoisotopic (exact) mass is 255 g/mol. The smallest absolute Gasteiger partial charge is 0.301 e. The van der Waals surface area contributed by atoms with E-state index in [0.29, 0.717) is 13.1 Å². The van der Waals surface area contributed by atoms with Crippen LogP contribution < -0.4 is 14.8 Å². The molecular formula is C11H17N3O2S. The van der Waals surface area contributed by atoms with Crippen molar-refractivity contribution in [2.75, 3.05) is 23.9 Å². The predicted molar refractivity (Wildman–Crippen MR) is 68.1 cm³/mol. The van der Waals surface area contributed by atoms with Crippen LogP contribution in [0.4, 0.5) is 5.69 Å². The van der Waals surface area contributed by atoms with Crippen LogP contribution in [0.2, 0.25) is 0 Å². The maximum Gasteiger partial charge on any atom is 0.301 e. The molecule has 0 saturated heterocycles. The Morgan fingerprint density at radius 2 is 2.12 bits per heavy atom. The second-order valence-corrected chi connectivity index (χ2v) is 5.67. The summed E-state index contributed by atoms with van der Waals surface area (Å²) >= 11 is 0. The molecule has 1 heterocycles. The van der Waals surface area contributed by atoms with E-state index in [1.165, 1.54) is 4.31 Å². The fourth-order valence-electron chi connectivity index (χ4n) is 2.01. The van der Waals surface area contributed by atoms with Gasteiger partial charge in [0.15, 0.2) is 0 Å².